The van der Waals surface area contributed by atoms with Crippen molar-refractivity contribution in [3.8, 4) is 11.1 Å². The smallest absolute Gasteiger partial charge is 0.255 e. The number of benzene rings is 3. The molecule has 0 spiro atoms. The minimum absolute atomic E-state index is 0.0392. The number of para-hydroxylation sites is 1. The summed E-state index contributed by atoms with van der Waals surface area (Å²) >= 11 is 6.54. The molecule has 1 unspecified atom stereocenters. The van der Waals surface area contributed by atoms with Crippen LogP contribution in [0.4, 0.5) is 5.69 Å². The van der Waals surface area contributed by atoms with Crippen LogP contribution in [0.15, 0.2) is 95.7 Å². The highest BCUT2D eigenvalue weighted by atomic mass is 35.5. The number of fused-ring (bicyclic) bond motifs is 2. The number of nitrogens with zero attached hydrogens (tertiary/aromatic N) is 2. The quantitative estimate of drug-likeness (QED) is 0.246. The summed E-state index contributed by atoms with van der Waals surface area (Å²) in [6, 6.07) is 24.5. The lowest BCUT2D eigenvalue weighted by Crippen LogP contribution is -2.43. The average Bonchev–Trinajstić information content (AvgIpc) is 3.56. The van der Waals surface area contributed by atoms with E-state index in [1.165, 1.54) is 5.69 Å². The van der Waals surface area contributed by atoms with E-state index < -0.39 is 11.5 Å². The van der Waals surface area contributed by atoms with Gasteiger partial charge >= 0.3 is 0 Å². The van der Waals surface area contributed by atoms with Gasteiger partial charge in [-0.15, -0.1) is 0 Å². The molecule has 2 aliphatic heterocycles. The molecular weight excluding hydrogens is 532 g/mol. The summed E-state index contributed by atoms with van der Waals surface area (Å²) < 4.78 is 0. The van der Waals surface area contributed by atoms with Crippen LogP contribution in [0, 0.1) is 5.41 Å². The van der Waals surface area contributed by atoms with Crippen molar-refractivity contribution in [3.05, 3.63) is 113 Å². The fraction of sp³-hybridized carbons (Fsp3) is 0.265. The minimum Gasteiger partial charge on any atom is -0.512 e. The summed E-state index contributed by atoms with van der Waals surface area (Å²) in [5.41, 5.74) is 6.10. The number of aromatic amines is 1. The highest BCUT2D eigenvalue weighted by Crippen LogP contribution is 2.52. The lowest BCUT2D eigenvalue weighted by Gasteiger charge is -2.43. The van der Waals surface area contributed by atoms with Crippen LogP contribution in [0.3, 0.4) is 0 Å². The molecule has 7 heteroatoms. The van der Waals surface area contributed by atoms with E-state index in [1.54, 1.807) is 12.2 Å². The fourth-order valence-electron chi connectivity index (χ4n) is 6.69. The second kappa shape index (κ2) is 10.1. The lowest BCUT2D eigenvalue weighted by atomic mass is 9.73. The second-order valence-corrected chi connectivity index (χ2v) is 12.0. The molecule has 0 radical (unpaired) electrons. The first-order valence-corrected chi connectivity index (χ1v) is 14.6. The molecule has 208 valence electrons. The van der Waals surface area contributed by atoms with Crippen LogP contribution < -0.4 is 10.2 Å². The molecule has 3 aromatic carbocycles. The maximum atomic E-state index is 14.2. The number of hydrogen-bond donors (Lipinski definition) is 3. The molecule has 41 heavy (non-hydrogen) atoms. The van der Waals surface area contributed by atoms with Crippen molar-refractivity contribution in [2.75, 3.05) is 31.1 Å². The van der Waals surface area contributed by atoms with Crippen LogP contribution in [-0.2, 0) is 6.54 Å². The summed E-state index contributed by atoms with van der Waals surface area (Å²) in [6.07, 6.45) is 3.83. The van der Waals surface area contributed by atoms with E-state index in [9.17, 15) is 9.90 Å². The first kappa shape index (κ1) is 25.9. The predicted octanol–water partition coefficient (Wildman–Crippen LogP) is 6.92. The number of nitrogens with one attached hydrogen (secondary N) is 2. The van der Waals surface area contributed by atoms with E-state index in [4.69, 9.17) is 11.6 Å². The molecule has 1 amide bonds. The number of aliphatic hydroxyl groups is 1. The molecule has 6 nitrogen and oxygen atoms in total. The molecule has 2 atom stereocenters. The number of H-pyrrole nitrogens is 1. The highest BCUT2D eigenvalue weighted by molar-refractivity contribution is 6.29. The lowest BCUT2D eigenvalue weighted by molar-refractivity contribution is 0.0433. The van der Waals surface area contributed by atoms with Crippen LogP contribution in [0.2, 0.25) is 0 Å². The molecule has 1 fully saturated rings. The molecule has 3 N–H and O–H groups in total. The molecule has 3 aliphatic rings. The maximum Gasteiger partial charge on any atom is 0.255 e. The van der Waals surface area contributed by atoms with Crippen molar-refractivity contribution in [3.63, 3.8) is 0 Å². The van der Waals surface area contributed by atoms with Gasteiger partial charge in [0.2, 0.25) is 0 Å². The van der Waals surface area contributed by atoms with Gasteiger partial charge in [0.1, 0.15) is 5.76 Å². The van der Waals surface area contributed by atoms with Crippen molar-refractivity contribution in [2.45, 2.75) is 25.9 Å². The number of rotatable bonds is 5. The average molecular weight is 565 g/mol. The summed E-state index contributed by atoms with van der Waals surface area (Å²) in [4.78, 5) is 22.0. The van der Waals surface area contributed by atoms with Gasteiger partial charge < -0.3 is 25.2 Å². The summed E-state index contributed by atoms with van der Waals surface area (Å²) in [5, 5.41) is 16.3. The molecule has 3 heterocycles. The second-order valence-electron chi connectivity index (χ2n) is 11.6. The normalized spacial score (nSPS) is 21.6. The molecule has 1 aliphatic carbocycles. The zero-order valence-electron chi connectivity index (χ0n) is 23.0. The van der Waals surface area contributed by atoms with E-state index in [0.717, 1.165) is 59.5 Å². The first-order valence-electron chi connectivity index (χ1n) is 14.2. The Morgan fingerprint density at radius 3 is 2.49 bits per heavy atom. The Hall–Kier alpha value is -4.00. The molecular formula is C34H33ClN4O2. The van der Waals surface area contributed by atoms with Gasteiger partial charge in [-0.2, -0.15) is 0 Å². The molecule has 4 aromatic rings. The largest absolute Gasteiger partial charge is 0.512 e. The number of hydrogen-bond acceptors (Lipinski definition) is 4. The van der Waals surface area contributed by atoms with Crippen molar-refractivity contribution in [2.24, 2.45) is 5.41 Å². The molecule has 0 saturated carbocycles. The summed E-state index contributed by atoms with van der Waals surface area (Å²) in [5.74, 6) is 0.183. The number of amides is 1. The number of anilines is 1. The Labute approximate surface area is 244 Å². The van der Waals surface area contributed by atoms with Gasteiger partial charge in [-0.25, -0.2) is 0 Å². The predicted molar refractivity (Wildman–Crippen MR) is 165 cm³/mol. The molecule has 1 saturated heterocycles. The number of allylic oxidation sites excluding steroid dienone is 3. The third kappa shape index (κ3) is 4.52. The third-order valence-corrected chi connectivity index (χ3v) is 9.19. The number of piperazine rings is 1. The maximum absolute atomic E-state index is 14.2. The Morgan fingerprint density at radius 2 is 1.71 bits per heavy atom. The third-order valence-electron chi connectivity index (χ3n) is 8.93. The van der Waals surface area contributed by atoms with Crippen LogP contribution >= 0.6 is 11.6 Å². The van der Waals surface area contributed by atoms with E-state index in [-0.39, 0.29) is 11.7 Å². The zero-order chi connectivity index (χ0) is 28.1. The highest BCUT2D eigenvalue weighted by Gasteiger charge is 2.48. The van der Waals surface area contributed by atoms with Crippen LogP contribution in [-0.4, -0.2) is 47.1 Å². The van der Waals surface area contributed by atoms with E-state index in [1.807, 2.05) is 36.1 Å². The van der Waals surface area contributed by atoms with Crippen molar-refractivity contribution >= 4 is 34.1 Å². The minimum atomic E-state index is -0.799. The Balaban J connectivity index is 1.24. The number of carbonyl (C=O) groups excluding carboxylic acids is 1. The van der Waals surface area contributed by atoms with Crippen LogP contribution in [0.25, 0.3) is 22.0 Å². The topological polar surface area (TPSA) is 71.6 Å². The zero-order valence-corrected chi connectivity index (χ0v) is 23.8. The SMILES string of the molecule is CC1([C@H](c2cc3ccccc3[nH]2)N2Cc3ccc(-c4ccc(N5CCNCC5)cc4)cc3C2=O)CC(Cl)=CC=C1O. The van der Waals surface area contributed by atoms with Gasteiger partial charge in [0.05, 0.1) is 11.5 Å². The van der Waals surface area contributed by atoms with Gasteiger partial charge in [-0.05, 0) is 77.9 Å². The van der Waals surface area contributed by atoms with Gasteiger partial charge in [-0.3, -0.25) is 4.79 Å². The Bertz CT molecular complexity index is 1670. The van der Waals surface area contributed by atoms with E-state index in [0.29, 0.717) is 23.6 Å². The van der Waals surface area contributed by atoms with Gasteiger partial charge in [0.25, 0.3) is 5.91 Å². The van der Waals surface area contributed by atoms with Crippen LogP contribution in [0.5, 0.6) is 0 Å². The number of aliphatic hydroxyl groups excluding tert-OH is 1. The fourth-order valence-corrected chi connectivity index (χ4v) is 7.03. The van der Waals surface area contributed by atoms with Crippen molar-refractivity contribution in [1.82, 2.24) is 15.2 Å². The monoisotopic (exact) mass is 564 g/mol. The van der Waals surface area contributed by atoms with E-state index >= 15 is 0 Å². The molecule has 1 aromatic heterocycles. The first-order chi connectivity index (χ1) is 19.9. The number of carbonyl (C=O) groups is 1. The van der Waals surface area contributed by atoms with E-state index in [2.05, 4.69) is 63.7 Å². The van der Waals surface area contributed by atoms with Crippen molar-refractivity contribution in [1.29, 1.82) is 0 Å². The van der Waals surface area contributed by atoms with Gasteiger partial charge in [-0.1, -0.05) is 54.1 Å². The standard InChI is InChI=1S/C34H33ClN4O2/c1-34(20-26(35)10-13-31(34)40)32(30-19-24-4-2-3-5-29(24)37-30)39-21-25-7-6-23(18-28(25)33(39)41)22-8-11-27(12-9-22)38-16-14-36-15-17-38/h2-13,18-19,32,36-37,40H,14-17,20-21H2,1H3/t32-,34?/m0/s1. The molecule has 0 bridgehead atoms. The number of halogens is 1. The van der Waals surface area contributed by atoms with Gasteiger partial charge in [0.15, 0.2) is 0 Å². The number of aromatic nitrogens is 1. The summed E-state index contributed by atoms with van der Waals surface area (Å²) in [7, 11) is 0. The van der Waals surface area contributed by atoms with Crippen LogP contribution in [0.1, 0.15) is 41.0 Å². The van der Waals surface area contributed by atoms with Crippen molar-refractivity contribution < 1.29 is 9.90 Å². The Morgan fingerprint density at radius 1 is 0.951 bits per heavy atom. The molecule has 7 rings (SSSR count). The Kier molecular flexibility index (Phi) is 6.40. The summed E-state index contributed by atoms with van der Waals surface area (Å²) in [6.45, 7) is 6.46. The van der Waals surface area contributed by atoms with Gasteiger partial charge in [0, 0.05) is 60.2 Å².